The van der Waals surface area contributed by atoms with Crippen molar-refractivity contribution in [3.63, 3.8) is 0 Å². The number of carbonyl (C=O) groups is 1. The van der Waals surface area contributed by atoms with Crippen LogP contribution in [0.15, 0.2) is 53.5 Å². The van der Waals surface area contributed by atoms with Gasteiger partial charge in [0, 0.05) is 39.8 Å². The van der Waals surface area contributed by atoms with Crippen LogP contribution in [0.4, 0.5) is 10.1 Å². The Morgan fingerprint density at radius 1 is 1.15 bits per heavy atom. The summed E-state index contributed by atoms with van der Waals surface area (Å²) in [5.41, 5.74) is 2.79. The Morgan fingerprint density at radius 2 is 1.85 bits per heavy atom. The van der Waals surface area contributed by atoms with E-state index in [9.17, 15) is 9.18 Å². The van der Waals surface area contributed by atoms with Crippen molar-refractivity contribution in [1.82, 2.24) is 10.2 Å². The monoisotopic (exact) mass is 470 g/mol. The van der Waals surface area contributed by atoms with E-state index in [4.69, 9.17) is 0 Å². The number of nitrogens with one attached hydrogen (secondary N) is 2. The van der Waals surface area contributed by atoms with Crippen molar-refractivity contribution in [2.75, 3.05) is 19.4 Å². The van der Waals surface area contributed by atoms with Crippen LogP contribution in [-0.4, -0.2) is 30.9 Å². The average Bonchev–Trinajstić information content (AvgIpc) is 2.57. The van der Waals surface area contributed by atoms with Gasteiger partial charge < -0.3 is 15.5 Å². The molecule has 0 aromatic heterocycles. The van der Waals surface area contributed by atoms with Crippen LogP contribution in [0.25, 0.3) is 0 Å². The molecule has 5 nitrogen and oxygen atoms in total. The van der Waals surface area contributed by atoms with Crippen molar-refractivity contribution >= 4 is 41.5 Å². The lowest BCUT2D eigenvalue weighted by molar-refractivity contribution is -0.114. The summed E-state index contributed by atoms with van der Waals surface area (Å²) in [7, 11) is 3.64. The first-order chi connectivity index (χ1) is 12.0. The second-order valence-electron chi connectivity index (χ2n) is 5.76. The number of benzene rings is 2. The van der Waals surface area contributed by atoms with Gasteiger partial charge in [-0.25, -0.2) is 4.39 Å². The first-order valence-corrected chi connectivity index (χ1v) is 8.00. The molecule has 0 aliphatic heterocycles. The van der Waals surface area contributed by atoms with E-state index in [2.05, 4.69) is 15.6 Å². The van der Waals surface area contributed by atoms with Crippen molar-refractivity contribution in [2.45, 2.75) is 20.0 Å². The van der Waals surface area contributed by atoms with E-state index in [1.54, 1.807) is 19.2 Å². The number of nitrogens with zero attached hydrogens (tertiary/aromatic N) is 2. The van der Waals surface area contributed by atoms with Gasteiger partial charge in [0.1, 0.15) is 5.82 Å². The van der Waals surface area contributed by atoms with Gasteiger partial charge in [0.2, 0.25) is 5.91 Å². The summed E-state index contributed by atoms with van der Waals surface area (Å²) in [4.78, 5) is 17.4. The molecule has 0 saturated heterocycles. The van der Waals surface area contributed by atoms with Crippen molar-refractivity contribution in [3.8, 4) is 0 Å². The fraction of sp³-hybridized carbons (Fsp3) is 0.263. The minimum absolute atomic E-state index is 0. The molecule has 0 saturated carbocycles. The first kappa shape index (κ1) is 21.9. The van der Waals surface area contributed by atoms with Crippen LogP contribution in [0.5, 0.6) is 0 Å². The maximum absolute atomic E-state index is 13.0. The van der Waals surface area contributed by atoms with Crippen molar-refractivity contribution in [1.29, 1.82) is 0 Å². The van der Waals surface area contributed by atoms with Crippen LogP contribution >= 0.6 is 24.0 Å². The Labute approximate surface area is 170 Å². The van der Waals surface area contributed by atoms with Crippen molar-refractivity contribution < 1.29 is 9.18 Å². The van der Waals surface area contributed by atoms with E-state index in [-0.39, 0.29) is 35.7 Å². The van der Waals surface area contributed by atoms with Crippen LogP contribution < -0.4 is 10.6 Å². The van der Waals surface area contributed by atoms with E-state index in [1.165, 1.54) is 19.1 Å². The standard InChI is InChI=1S/C19H23FN4O.HI/c1-14(25)23-18-6-4-5-16(11-18)12-22-19(21-2)24(3)13-15-7-9-17(20)10-8-15;/h4-11H,12-13H2,1-3H3,(H,21,22)(H,23,25);1H. The number of hydrogen-bond acceptors (Lipinski definition) is 2. The first-order valence-electron chi connectivity index (χ1n) is 8.00. The van der Waals surface area contributed by atoms with E-state index in [1.807, 2.05) is 36.2 Å². The van der Waals surface area contributed by atoms with E-state index in [0.717, 1.165) is 22.8 Å². The Bertz CT molecular complexity index is 749. The van der Waals surface area contributed by atoms with Crippen LogP contribution in [0.2, 0.25) is 0 Å². The van der Waals surface area contributed by atoms with Gasteiger partial charge in [0.25, 0.3) is 0 Å². The lowest BCUT2D eigenvalue weighted by Crippen LogP contribution is -2.38. The molecule has 0 unspecified atom stereocenters. The van der Waals surface area contributed by atoms with Crippen LogP contribution in [0.1, 0.15) is 18.1 Å². The molecule has 0 spiro atoms. The molecule has 0 bridgehead atoms. The van der Waals surface area contributed by atoms with Crippen molar-refractivity contribution in [2.24, 2.45) is 4.99 Å². The molecule has 7 heteroatoms. The SMILES string of the molecule is CN=C(NCc1cccc(NC(C)=O)c1)N(C)Cc1ccc(F)cc1.I. The van der Waals surface area contributed by atoms with Gasteiger partial charge >= 0.3 is 0 Å². The molecule has 2 aromatic rings. The number of amides is 1. The maximum Gasteiger partial charge on any atom is 0.221 e. The normalized spacial score (nSPS) is 10.7. The number of aliphatic imine (C=N–C) groups is 1. The number of guanidine groups is 1. The fourth-order valence-electron chi connectivity index (χ4n) is 2.47. The second kappa shape index (κ2) is 10.7. The minimum atomic E-state index is -0.243. The Hall–Kier alpha value is -2.16. The van der Waals surface area contributed by atoms with E-state index >= 15 is 0 Å². The highest BCUT2D eigenvalue weighted by molar-refractivity contribution is 14.0. The summed E-state index contributed by atoms with van der Waals surface area (Å²) in [6, 6.07) is 14.1. The number of anilines is 1. The third-order valence-corrected chi connectivity index (χ3v) is 3.60. The van der Waals surface area contributed by atoms with Crippen LogP contribution in [0, 0.1) is 5.82 Å². The van der Waals surface area contributed by atoms with Gasteiger partial charge in [-0.1, -0.05) is 24.3 Å². The average molecular weight is 470 g/mol. The number of hydrogen-bond donors (Lipinski definition) is 2. The van der Waals surface area contributed by atoms with E-state index < -0.39 is 0 Å². The molecule has 140 valence electrons. The van der Waals surface area contributed by atoms with Crippen LogP contribution in [-0.2, 0) is 17.9 Å². The smallest absolute Gasteiger partial charge is 0.221 e. The summed E-state index contributed by atoms with van der Waals surface area (Å²) in [6.07, 6.45) is 0. The third kappa shape index (κ3) is 6.99. The largest absolute Gasteiger partial charge is 0.352 e. The molecule has 0 atom stereocenters. The van der Waals surface area contributed by atoms with E-state index in [0.29, 0.717) is 13.1 Å². The topological polar surface area (TPSA) is 56.7 Å². The summed E-state index contributed by atoms with van der Waals surface area (Å²) in [5, 5.41) is 6.06. The summed E-state index contributed by atoms with van der Waals surface area (Å²) >= 11 is 0. The van der Waals surface area contributed by atoms with Crippen molar-refractivity contribution in [3.05, 3.63) is 65.5 Å². The summed E-state index contributed by atoms with van der Waals surface area (Å²) in [6.45, 7) is 2.68. The van der Waals surface area contributed by atoms with Gasteiger partial charge in [-0.3, -0.25) is 9.79 Å². The van der Waals surface area contributed by atoms with Gasteiger partial charge in [-0.2, -0.15) is 0 Å². The highest BCUT2D eigenvalue weighted by Gasteiger charge is 2.07. The van der Waals surface area contributed by atoms with Gasteiger partial charge in [0.15, 0.2) is 5.96 Å². The predicted octanol–water partition coefficient (Wildman–Crippen LogP) is 3.61. The second-order valence-corrected chi connectivity index (χ2v) is 5.76. The molecule has 0 aliphatic rings. The Balaban J connectivity index is 0.00000338. The minimum Gasteiger partial charge on any atom is -0.352 e. The summed E-state index contributed by atoms with van der Waals surface area (Å²) in [5.74, 6) is 0.391. The molecular formula is C19H24FIN4O. The van der Waals surface area contributed by atoms with Gasteiger partial charge in [-0.15, -0.1) is 24.0 Å². The number of halogens is 2. The Morgan fingerprint density at radius 3 is 2.46 bits per heavy atom. The molecule has 26 heavy (non-hydrogen) atoms. The van der Waals surface area contributed by atoms with Gasteiger partial charge in [-0.05, 0) is 35.4 Å². The quantitative estimate of drug-likeness (QED) is 0.399. The zero-order chi connectivity index (χ0) is 18.2. The zero-order valence-electron chi connectivity index (χ0n) is 15.1. The maximum atomic E-state index is 13.0. The molecule has 0 aliphatic carbocycles. The van der Waals surface area contributed by atoms with Gasteiger partial charge in [0.05, 0.1) is 0 Å². The fourth-order valence-corrected chi connectivity index (χ4v) is 2.47. The molecule has 0 fully saturated rings. The highest BCUT2D eigenvalue weighted by Crippen LogP contribution is 2.11. The Kier molecular flexibility index (Phi) is 9.04. The predicted molar refractivity (Wildman–Crippen MR) is 114 cm³/mol. The lowest BCUT2D eigenvalue weighted by Gasteiger charge is -2.22. The zero-order valence-corrected chi connectivity index (χ0v) is 17.5. The summed E-state index contributed by atoms with van der Waals surface area (Å²) < 4.78 is 13.0. The molecule has 1 amide bonds. The highest BCUT2D eigenvalue weighted by atomic mass is 127. The molecular weight excluding hydrogens is 446 g/mol. The van der Waals surface area contributed by atoms with Crippen LogP contribution in [0.3, 0.4) is 0 Å². The molecule has 0 heterocycles. The number of carbonyl (C=O) groups excluding carboxylic acids is 1. The lowest BCUT2D eigenvalue weighted by atomic mass is 10.2. The third-order valence-electron chi connectivity index (χ3n) is 3.60. The molecule has 2 rings (SSSR count). The molecule has 0 radical (unpaired) electrons. The molecule has 2 aromatic carbocycles. The molecule has 2 N–H and O–H groups in total. The number of rotatable bonds is 5.